The zero-order valence-corrected chi connectivity index (χ0v) is 9.27. The van der Waals surface area contributed by atoms with Crippen molar-refractivity contribution >= 4 is 11.6 Å². The maximum Gasteiger partial charge on any atom is 0.0453 e. The summed E-state index contributed by atoms with van der Waals surface area (Å²) in [6.07, 6.45) is 4.02. The van der Waals surface area contributed by atoms with E-state index in [0.29, 0.717) is 0 Å². The molecule has 14 heavy (non-hydrogen) atoms. The Morgan fingerprint density at radius 3 is 2.79 bits per heavy atom. The third kappa shape index (κ3) is 2.28. The summed E-state index contributed by atoms with van der Waals surface area (Å²) in [4.78, 5) is 0. The van der Waals surface area contributed by atoms with Crippen molar-refractivity contribution in [1.82, 2.24) is 5.32 Å². The van der Waals surface area contributed by atoms with Crippen molar-refractivity contribution in [3.05, 3.63) is 34.3 Å². The summed E-state index contributed by atoms with van der Waals surface area (Å²) in [5, 5.41) is 4.40. The van der Waals surface area contributed by atoms with Gasteiger partial charge in [0.2, 0.25) is 0 Å². The molecular weight excluding hydrogens is 194 g/mol. The summed E-state index contributed by atoms with van der Waals surface area (Å²) in [5.74, 6) is 0. The summed E-state index contributed by atoms with van der Waals surface area (Å²) in [7, 11) is 0. The highest BCUT2D eigenvalue weighted by atomic mass is 35.5. The van der Waals surface area contributed by atoms with E-state index in [1.54, 1.807) is 0 Å². The average molecular weight is 210 g/mol. The second-order valence-corrected chi connectivity index (χ2v) is 4.51. The summed E-state index contributed by atoms with van der Waals surface area (Å²) in [6, 6.07) is 6.99. The molecule has 0 aromatic heterocycles. The average Bonchev–Trinajstić information content (AvgIpc) is 2.05. The van der Waals surface area contributed by atoms with Crippen molar-refractivity contribution in [3.63, 3.8) is 0 Å². The number of hydrogen-bond donors (Lipinski definition) is 1. The second kappa shape index (κ2) is 4.33. The summed E-state index contributed by atoms with van der Waals surface area (Å²) in [5.41, 5.74) is 2.44. The number of rotatable bonds is 3. The van der Waals surface area contributed by atoms with E-state index in [9.17, 15) is 0 Å². The highest BCUT2D eigenvalue weighted by molar-refractivity contribution is 6.31. The van der Waals surface area contributed by atoms with Crippen molar-refractivity contribution in [2.45, 2.75) is 38.8 Å². The van der Waals surface area contributed by atoms with Crippen LogP contribution in [0.3, 0.4) is 0 Å². The smallest absolute Gasteiger partial charge is 0.0453 e. The molecule has 1 aliphatic rings. The van der Waals surface area contributed by atoms with Crippen molar-refractivity contribution in [2.24, 2.45) is 0 Å². The fourth-order valence-electron chi connectivity index (χ4n) is 1.66. The molecule has 0 saturated heterocycles. The molecule has 1 aliphatic carbocycles. The van der Waals surface area contributed by atoms with Crippen LogP contribution in [-0.2, 0) is 6.54 Å². The Morgan fingerprint density at radius 1 is 1.43 bits per heavy atom. The predicted octanol–water partition coefficient (Wildman–Crippen LogP) is 3.29. The van der Waals surface area contributed by atoms with Gasteiger partial charge < -0.3 is 5.32 Å². The summed E-state index contributed by atoms with van der Waals surface area (Å²) in [6.45, 7) is 2.97. The van der Waals surface area contributed by atoms with Gasteiger partial charge in [-0.05, 0) is 37.0 Å². The number of hydrogen-bond acceptors (Lipinski definition) is 1. The Kier molecular flexibility index (Phi) is 3.09. The zero-order chi connectivity index (χ0) is 9.97. The van der Waals surface area contributed by atoms with Gasteiger partial charge in [-0.1, -0.05) is 30.2 Å². The van der Waals surface area contributed by atoms with E-state index in [-0.39, 0.29) is 0 Å². The first-order chi connectivity index (χ1) is 6.75. The van der Waals surface area contributed by atoms with Gasteiger partial charge in [0.25, 0.3) is 0 Å². The third-order valence-corrected chi connectivity index (χ3v) is 3.25. The van der Waals surface area contributed by atoms with Crippen molar-refractivity contribution < 1.29 is 0 Å². The monoisotopic (exact) mass is 209 g/mol. The molecule has 0 spiro atoms. The van der Waals surface area contributed by atoms with Crippen LogP contribution in [-0.4, -0.2) is 6.04 Å². The van der Waals surface area contributed by atoms with E-state index in [4.69, 9.17) is 11.6 Å². The molecule has 0 amide bonds. The lowest BCUT2D eigenvalue weighted by Gasteiger charge is -2.26. The minimum atomic E-state index is 0.729. The van der Waals surface area contributed by atoms with Crippen LogP contribution in [0.2, 0.25) is 5.02 Å². The van der Waals surface area contributed by atoms with Crippen molar-refractivity contribution in [3.8, 4) is 0 Å². The van der Waals surface area contributed by atoms with Gasteiger partial charge >= 0.3 is 0 Å². The molecule has 0 atom stereocenters. The normalized spacial score (nSPS) is 16.7. The Balaban J connectivity index is 1.94. The van der Waals surface area contributed by atoms with Gasteiger partial charge in [-0.2, -0.15) is 0 Å². The molecule has 1 aromatic rings. The van der Waals surface area contributed by atoms with E-state index in [1.807, 2.05) is 6.07 Å². The maximum atomic E-state index is 6.13. The van der Waals surface area contributed by atoms with E-state index in [2.05, 4.69) is 24.4 Å². The van der Waals surface area contributed by atoms with E-state index in [1.165, 1.54) is 30.4 Å². The molecule has 1 fully saturated rings. The largest absolute Gasteiger partial charge is 0.310 e. The standard InChI is InChI=1S/C12H16ClN/c1-9-5-6-10(12(13)7-9)8-14-11-3-2-4-11/h5-7,11,14H,2-4,8H2,1H3. The van der Waals surface area contributed by atoms with Crippen LogP contribution in [0.4, 0.5) is 0 Å². The maximum absolute atomic E-state index is 6.13. The van der Waals surface area contributed by atoms with Crippen LogP contribution in [0.5, 0.6) is 0 Å². The Morgan fingerprint density at radius 2 is 2.21 bits per heavy atom. The molecule has 1 aromatic carbocycles. The predicted molar refractivity (Wildman–Crippen MR) is 60.7 cm³/mol. The molecule has 0 radical (unpaired) electrons. The van der Waals surface area contributed by atoms with Crippen LogP contribution in [0.25, 0.3) is 0 Å². The van der Waals surface area contributed by atoms with Crippen LogP contribution in [0.15, 0.2) is 18.2 Å². The minimum absolute atomic E-state index is 0.729. The Labute approximate surface area is 90.5 Å². The lowest BCUT2D eigenvalue weighted by Crippen LogP contribution is -2.34. The first kappa shape index (κ1) is 10.0. The van der Waals surface area contributed by atoms with E-state index < -0.39 is 0 Å². The molecule has 0 aliphatic heterocycles. The van der Waals surface area contributed by atoms with Gasteiger partial charge in [-0.25, -0.2) is 0 Å². The number of benzene rings is 1. The molecule has 0 bridgehead atoms. The summed E-state index contributed by atoms with van der Waals surface area (Å²) >= 11 is 6.13. The third-order valence-electron chi connectivity index (χ3n) is 2.89. The fourth-order valence-corrected chi connectivity index (χ4v) is 1.96. The topological polar surface area (TPSA) is 12.0 Å². The lowest BCUT2D eigenvalue weighted by atomic mass is 9.93. The first-order valence-electron chi connectivity index (χ1n) is 5.24. The van der Waals surface area contributed by atoms with Crippen molar-refractivity contribution in [2.75, 3.05) is 0 Å². The molecule has 1 N–H and O–H groups in total. The van der Waals surface area contributed by atoms with Crippen LogP contribution in [0.1, 0.15) is 30.4 Å². The molecule has 0 unspecified atom stereocenters. The van der Waals surface area contributed by atoms with Gasteiger partial charge in [0.15, 0.2) is 0 Å². The Hall–Kier alpha value is -0.530. The zero-order valence-electron chi connectivity index (χ0n) is 8.52. The second-order valence-electron chi connectivity index (χ2n) is 4.10. The van der Waals surface area contributed by atoms with Gasteiger partial charge in [0, 0.05) is 17.6 Å². The van der Waals surface area contributed by atoms with Crippen LogP contribution in [0, 0.1) is 6.92 Å². The molecule has 1 saturated carbocycles. The molecular formula is C12H16ClN. The Bertz CT molecular complexity index is 318. The lowest BCUT2D eigenvalue weighted by molar-refractivity contribution is 0.338. The fraction of sp³-hybridized carbons (Fsp3) is 0.500. The first-order valence-corrected chi connectivity index (χ1v) is 5.62. The van der Waals surface area contributed by atoms with Gasteiger partial charge in [-0.15, -0.1) is 0 Å². The molecule has 1 nitrogen and oxygen atoms in total. The molecule has 76 valence electrons. The van der Waals surface area contributed by atoms with E-state index >= 15 is 0 Å². The quantitative estimate of drug-likeness (QED) is 0.806. The molecule has 2 rings (SSSR count). The number of nitrogens with one attached hydrogen (secondary N) is 1. The minimum Gasteiger partial charge on any atom is -0.310 e. The van der Waals surface area contributed by atoms with E-state index in [0.717, 1.165) is 17.6 Å². The molecule has 0 heterocycles. The molecule has 2 heteroatoms. The van der Waals surface area contributed by atoms with Gasteiger partial charge in [0.1, 0.15) is 0 Å². The van der Waals surface area contributed by atoms with Crippen molar-refractivity contribution in [1.29, 1.82) is 0 Å². The number of halogens is 1. The number of aryl methyl sites for hydroxylation is 1. The highest BCUT2D eigenvalue weighted by Gasteiger charge is 2.16. The van der Waals surface area contributed by atoms with Crippen LogP contribution < -0.4 is 5.32 Å². The highest BCUT2D eigenvalue weighted by Crippen LogP contribution is 2.21. The van der Waals surface area contributed by atoms with Gasteiger partial charge in [0.05, 0.1) is 0 Å². The van der Waals surface area contributed by atoms with Gasteiger partial charge in [-0.3, -0.25) is 0 Å². The summed E-state index contributed by atoms with van der Waals surface area (Å²) < 4.78 is 0. The van der Waals surface area contributed by atoms with Crippen LogP contribution >= 0.6 is 11.6 Å². The SMILES string of the molecule is Cc1ccc(CNC2CCC2)c(Cl)c1.